The first-order chi connectivity index (χ1) is 13.6. The maximum Gasteiger partial charge on any atom is 0.319 e. The highest BCUT2D eigenvalue weighted by molar-refractivity contribution is 5.89. The second-order valence-electron chi connectivity index (χ2n) is 6.59. The van der Waals surface area contributed by atoms with E-state index in [4.69, 9.17) is 4.74 Å². The van der Waals surface area contributed by atoms with Crippen molar-refractivity contribution in [3.05, 3.63) is 72.6 Å². The predicted octanol–water partition coefficient (Wildman–Crippen LogP) is 3.31. The Bertz CT molecular complexity index is 891. The van der Waals surface area contributed by atoms with Gasteiger partial charge in [-0.05, 0) is 56.1 Å². The Morgan fingerprint density at radius 3 is 2.61 bits per heavy atom. The van der Waals surface area contributed by atoms with Gasteiger partial charge in [0, 0.05) is 24.6 Å². The number of methoxy groups -OCH3 is 1. The number of hydrogen-bond donors (Lipinski definition) is 2. The molecule has 0 saturated carbocycles. The number of hydrogen-bond acceptors (Lipinski definition) is 4. The summed E-state index contributed by atoms with van der Waals surface area (Å²) in [6, 6.07) is 17.1. The SMILES string of the molecule is COc1ccc(C(CNC(=O)Nc2cccc(-n3cccn3)c2)N(C)C)cc1. The van der Waals surface area contributed by atoms with Crippen molar-refractivity contribution in [1.82, 2.24) is 20.0 Å². The van der Waals surface area contributed by atoms with Gasteiger partial charge in [-0.15, -0.1) is 0 Å². The van der Waals surface area contributed by atoms with Gasteiger partial charge in [-0.25, -0.2) is 9.48 Å². The third-order valence-corrected chi connectivity index (χ3v) is 4.45. The molecule has 2 N–H and O–H groups in total. The van der Waals surface area contributed by atoms with E-state index >= 15 is 0 Å². The molecule has 0 radical (unpaired) electrons. The monoisotopic (exact) mass is 379 g/mol. The molecule has 2 aromatic carbocycles. The first-order valence-electron chi connectivity index (χ1n) is 9.02. The van der Waals surface area contributed by atoms with Gasteiger partial charge >= 0.3 is 6.03 Å². The highest BCUT2D eigenvalue weighted by Crippen LogP contribution is 2.21. The lowest BCUT2D eigenvalue weighted by Crippen LogP contribution is -2.36. The second-order valence-corrected chi connectivity index (χ2v) is 6.59. The molecule has 28 heavy (non-hydrogen) atoms. The van der Waals surface area contributed by atoms with Gasteiger partial charge in [-0.1, -0.05) is 18.2 Å². The number of nitrogens with zero attached hydrogens (tertiary/aromatic N) is 3. The maximum atomic E-state index is 12.4. The molecule has 1 heterocycles. The third-order valence-electron chi connectivity index (χ3n) is 4.45. The molecule has 0 saturated heterocycles. The lowest BCUT2D eigenvalue weighted by molar-refractivity contribution is 0.243. The van der Waals surface area contributed by atoms with Gasteiger partial charge in [0.05, 0.1) is 18.8 Å². The average Bonchev–Trinajstić information content (AvgIpc) is 3.23. The molecule has 0 fully saturated rings. The molecule has 3 aromatic rings. The molecule has 1 aromatic heterocycles. The summed E-state index contributed by atoms with van der Waals surface area (Å²) in [5.41, 5.74) is 2.69. The number of urea groups is 1. The van der Waals surface area contributed by atoms with Crippen LogP contribution < -0.4 is 15.4 Å². The highest BCUT2D eigenvalue weighted by Gasteiger charge is 2.15. The van der Waals surface area contributed by atoms with Crippen molar-refractivity contribution < 1.29 is 9.53 Å². The normalized spacial score (nSPS) is 11.9. The summed E-state index contributed by atoms with van der Waals surface area (Å²) in [4.78, 5) is 14.5. The maximum absolute atomic E-state index is 12.4. The summed E-state index contributed by atoms with van der Waals surface area (Å²) in [5, 5.41) is 10.0. The van der Waals surface area contributed by atoms with Gasteiger partial charge < -0.3 is 20.3 Å². The molecule has 0 aliphatic carbocycles. The Kier molecular flexibility index (Phi) is 6.29. The molecular formula is C21H25N5O2. The Labute approximate surface area is 164 Å². The average molecular weight is 379 g/mol. The number of ether oxygens (including phenoxy) is 1. The van der Waals surface area contributed by atoms with Crippen LogP contribution in [0.4, 0.5) is 10.5 Å². The Morgan fingerprint density at radius 2 is 1.96 bits per heavy atom. The largest absolute Gasteiger partial charge is 0.497 e. The molecule has 7 nitrogen and oxygen atoms in total. The van der Waals surface area contributed by atoms with Crippen LogP contribution in [-0.2, 0) is 0 Å². The van der Waals surface area contributed by atoms with Gasteiger partial charge in [0.2, 0.25) is 0 Å². The molecule has 0 aliphatic heterocycles. The van der Waals surface area contributed by atoms with Gasteiger partial charge in [-0.2, -0.15) is 5.10 Å². The summed E-state index contributed by atoms with van der Waals surface area (Å²) in [6.07, 6.45) is 3.57. The fourth-order valence-corrected chi connectivity index (χ4v) is 2.94. The molecule has 0 aliphatic rings. The van der Waals surface area contributed by atoms with Crippen molar-refractivity contribution in [1.29, 1.82) is 0 Å². The third kappa shape index (κ3) is 4.89. The quantitative estimate of drug-likeness (QED) is 0.661. The Balaban J connectivity index is 1.61. The van der Waals surface area contributed by atoms with Crippen molar-refractivity contribution in [3.63, 3.8) is 0 Å². The van der Waals surface area contributed by atoms with E-state index in [1.54, 1.807) is 18.0 Å². The van der Waals surface area contributed by atoms with Crippen LogP contribution in [0.1, 0.15) is 11.6 Å². The number of amides is 2. The summed E-state index contributed by atoms with van der Waals surface area (Å²) < 4.78 is 6.96. The van der Waals surface area contributed by atoms with Crippen molar-refractivity contribution in [2.45, 2.75) is 6.04 Å². The predicted molar refractivity (Wildman–Crippen MR) is 110 cm³/mol. The number of carbonyl (C=O) groups excluding carboxylic acids is 1. The highest BCUT2D eigenvalue weighted by atomic mass is 16.5. The Hall–Kier alpha value is -3.32. The lowest BCUT2D eigenvalue weighted by Gasteiger charge is -2.25. The summed E-state index contributed by atoms with van der Waals surface area (Å²) in [7, 11) is 5.62. The van der Waals surface area contributed by atoms with Crippen molar-refractivity contribution in [2.24, 2.45) is 0 Å². The van der Waals surface area contributed by atoms with Gasteiger partial charge in [0.1, 0.15) is 5.75 Å². The van der Waals surface area contributed by atoms with Gasteiger partial charge in [-0.3, -0.25) is 0 Å². The van der Waals surface area contributed by atoms with Crippen molar-refractivity contribution >= 4 is 11.7 Å². The van der Waals surface area contributed by atoms with Crippen LogP contribution in [-0.4, -0.2) is 48.5 Å². The zero-order valence-electron chi connectivity index (χ0n) is 16.3. The van der Waals surface area contributed by atoms with Gasteiger partial charge in [0.25, 0.3) is 0 Å². The van der Waals surface area contributed by atoms with E-state index in [2.05, 4.69) is 20.6 Å². The number of rotatable bonds is 7. The Morgan fingerprint density at radius 1 is 1.18 bits per heavy atom. The van der Waals surface area contributed by atoms with E-state index in [1.807, 2.05) is 74.9 Å². The molecule has 2 amide bonds. The van der Waals surface area contributed by atoms with Gasteiger partial charge in [0.15, 0.2) is 0 Å². The molecule has 3 rings (SSSR count). The van der Waals surface area contributed by atoms with E-state index in [9.17, 15) is 4.79 Å². The number of nitrogens with one attached hydrogen (secondary N) is 2. The van der Waals surface area contributed by atoms with E-state index in [0.29, 0.717) is 12.2 Å². The fourth-order valence-electron chi connectivity index (χ4n) is 2.94. The summed E-state index contributed by atoms with van der Waals surface area (Å²) in [5.74, 6) is 0.809. The number of anilines is 1. The minimum atomic E-state index is -0.252. The second kappa shape index (κ2) is 9.05. The molecule has 1 atom stereocenters. The van der Waals surface area contributed by atoms with Crippen LogP contribution in [0.2, 0.25) is 0 Å². The van der Waals surface area contributed by atoms with E-state index in [0.717, 1.165) is 17.0 Å². The van der Waals surface area contributed by atoms with Crippen molar-refractivity contribution in [2.75, 3.05) is 33.1 Å². The van der Waals surface area contributed by atoms with Crippen LogP contribution >= 0.6 is 0 Å². The number of aromatic nitrogens is 2. The number of carbonyl (C=O) groups is 1. The van der Waals surface area contributed by atoms with Crippen LogP contribution in [0.25, 0.3) is 5.69 Å². The fraction of sp³-hybridized carbons (Fsp3) is 0.238. The molecule has 146 valence electrons. The summed E-state index contributed by atoms with van der Waals surface area (Å²) >= 11 is 0. The number of likely N-dealkylation sites (N-methyl/N-ethyl adjacent to an activating group) is 1. The standard InChI is InChI=1S/C21H25N5O2/c1-25(2)20(16-8-10-19(28-3)11-9-16)15-22-21(27)24-17-6-4-7-18(14-17)26-13-5-12-23-26/h4-14,20H,15H2,1-3H3,(H2,22,24,27). The first kappa shape index (κ1) is 19.4. The molecular weight excluding hydrogens is 354 g/mol. The van der Waals surface area contributed by atoms with E-state index in [-0.39, 0.29) is 12.1 Å². The molecule has 7 heteroatoms. The topological polar surface area (TPSA) is 71.4 Å². The summed E-state index contributed by atoms with van der Waals surface area (Å²) in [6.45, 7) is 0.476. The van der Waals surface area contributed by atoms with E-state index in [1.165, 1.54) is 0 Å². The zero-order valence-corrected chi connectivity index (χ0v) is 16.3. The number of benzene rings is 2. The van der Waals surface area contributed by atoms with Crippen LogP contribution in [0.3, 0.4) is 0 Å². The minimum absolute atomic E-state index is 0.0482. The smallest absolute Gasteiger partial charge is 0.319 e. The molecule has 0 bridgehead atoms. The molecule has 0 spiro atoms. The van der Waals surface area contributed by atoms with Crippen LogP contribution in [0, 0.1) is 0 Å². The van der Waals surface area contributed by atoms with Crippen LogP contribution in [0.15, 0.2) is 67.0 Å². The molecule has 1 unspecified atom stereocenters. The lowest BCUT2D eigenvalue weighted by atomic mass is 10.1. The first-order valence-corrected chi connectivity index (χ1v) is 9.02. The minimum Gasteiger partial charge on any atom is -0.497 e. The zero-order chi connectivity index (χ0) is 19.9. The van der Waals surface area contributed by atoms with Crippen LogP contribution in [0.5, 0.6) is 5.75 Å². The van der Waals surface area contributed by atoms with E-state index < -0.39 is 0 Å². The van der Waals surface area contributed by atoms with Crippen molar-refractivity contribution in [3.8, 4) is 11.4 Å².